The second kappa shape index (κ2) is 8.24. The molecule has 0 spiro atoms. The van der Waals surface area contributed by atoms with Crippen LogP contribution in [-0.2, 0) is 22.6 Å². The molecule has 0 aliphatic carbocycles. The van der Waals surface area contributed by atoms with Gasteiger partial charge in [-0.2, -0.15) is 0 Å². The van der Waals surface area contributed by atoms with Crippen LogP contribution in [0, 0.1) is 5.82 Å². The molecule has 2 amide bonds. The van der Waals surface area contributed by atoms with Crippen LogP contribution >= 0.6 is 0 Å². The van der Waals surface area contributed by atoms with Crippen molar-refractivity contribution in [2.75, 3.05) is 7.05 Å². The monoisotopic (exact) mass is 328 g/mol. The summed E-state index contributed by atoms with van der Waals surface area (Å²) in [6.07, 6.45) is 0.163. The van der Waals surface area contributed by atoms with Crippen LogP contribution in [0.25, 0.3) is 0 Å². The highest BCUT2D eigenvalue weighted by Gasteiger charge is 2.26. The molecule has 0 saturated heterocycles. The number of rotatable bonds is 6. The number of carbonyl (C=O) groups is 2. The second-order valence-corrected chi connectivity index (χ2v) is 5.57. The van der Waals surface area contributed by atoms with Gasteiger partial charge in [0.2, 0.25) is 11.8 Å². The first-order valence-corrected chi connectivity index (χ1v) is 7.81. The molecule has 0 aliphatic heterocycles. The summed E-state index contributed by atoms with van der Waals surface area (Å²) in [6, 6.07) is 14.9. The molecule has 24 heavy (non-hydrogen) atoms. The van der Waals surface area contributed by atoms with Crippen LogP contribution in [0.1, 0.15) is 18.1 Å². The first-order chi connectivity index (χ1) is 11.5. The fraction of sp³-hybridized carbons (Fsp3) is 0.263. The number of hydrogen-bond donors (Lipinski definition) is 1. The number of carbonyl (C=O) groups excluding carboxylic acids is 2. The number of nitrogens with one attached hydrogen (secondary N) is 1. The Bertz CT molecular complexity index is 704. The van der Waals surface area contributed by atoms with Crippen molar-refractivity contribution in [3.63, 3.8) is 0 Å². The van der Waals surface area contributed by atoms with Crippen LogP contribution in [-0.4, -0.2) is 29.8 Å². The van der Waals surface area contributed by atoms with E-state index in [-0.39, 0.29) is 30.6 Å². The Hall–Kier alpha value is -2.69. The highest BCUT2D eigenvalue weighted by atomic mass is 19.1. The molecule has 2 rings (SSSR count). The van der Waals surface area contributed by atoms with Crippen molar-refractivity contribution in [2.24, 2.45) is 0 Å². The van der Waals surface area contributed by atoms with Crippen molar-refractivity contribution in [1.82, 2.24) is 10.2 Å². The van der Waals surface area contributed by atoms with E-state index in [9.17, 15) is 14.0 Å². The number of benzene rings is 2. The molecule has 0 aliphatic rings. The Morgan fingerprint density at radius 2 is 1.71 bits per heavy atom. The highest BCUT2D eigenvalue weighted by molar-refractivity contribution is 5.88. The molecule has 5 heteroatoms. The van der Waals surface area contributed by atoms with E-state index in [0.29, 0.717) is 5.56 Å². The van der Waals surface area contributed by atoms with Gasteiger partial charge in [-0.25, -0.2) is 4.39 Å². The van der Waals surface area contributed by atoms with E-state index < -0.39 is 6.04 Å². The molecule has 4 nitrogen and oxygen atoms in total. The highest BCUT2D eigenvalue weighted by Crippen LogP contribution is 2.14. The summed E-state index contributed by atoms with van der Waals surface area (Å²) < 4.78 is 13.9. The van der Waals surface area contributed by atoms with Gasteiger partial charge in [0.25, 0.3) is 0 Å². The standard InChI is InChI=1S/C19H21FN2O2/c1-14(19(24)21-2)22(13-16-10-6-7-11-17(16)20)18(23)12-15-8-4-3-5-9-15/h3-11,14H,12-13H2,1-2H3,(H,21,24)/t14-/m1/s1. The minimum absolute atomic E-state index is 0.0485. The first kappa shape index (κ1) is 17.7. The summed E-state index contributed by atoms with van der Waals surface area (Å²) in [5.74, 6) is -0.896. The third kappa shape index (κ3) is 4.41. The lowest BCUT2D eigenvalue weighted by Gasteiger charge is -2.28. The number of nitrogens with zero attached hydrogens (tertiary/aromatic N) is 1. The van der Waals surface area contributed by atoms with Gasteiger partial charge in [-0.15, -0.1) is 0 Å². The van der Waals surface area contributed by atoms with Gasteiger partial charge in [0.05, 0.1) is 6.42 Å². The number of likely N-dealkylation sites (N-methyl/N-ethyl adjacent to an activating group) is 1. The van der Waals surface area contributed by atoms with Crippen LogP contribution in [0.2, 0.25) is 0 Å². The maximum absolute atomic E-state index is 13.9. The van der Waals surface area contributed by atoms with E-state index in [1.54, 1.807) is 25.1 Å². The summed E-state index contributed by atoms with van der Waals surface area (Å²) in [5.41, 5.74) is 1.24. The fourth-order valence-corrected chi connectivity index (χ4v) is 2.47. The molecule has 2 aromatic carbocycles. The van der Waals surface area contributed by atoms with Gasteiger partial charge in [-0.05, 0) is 18.6 Å². The lowest BCUT2D eigenvalue weighted by Crippen LogP contribution is -2.47. The molecular weight excluding hydrogens is 307 g/mol. The Kier molecular flexibility index (Phi) is 6.07. The van der Waals surface area contributed by atoms with Gasteiger partial charge in [0.1, 0.15) is 11.9 Å². The van der Waals surface area contributed by atoms with E-state index in [4.69, 9.17) is 0 Å². The van der Waals surface area contributed by atoms with E-state index in [2.05, 4.69) is 5.32 Å². The molecular formula is C19H21FN2O2. The first-order valence-electron chi connectivity index (χ1n) is 7.81. The summed E-state index contributed by atoms with van der Waals surface area (Å²) in [7, 11) is 1.52. The van der Waals surface area contributed by atoms with Crippen molar-refractivity contribution < 1.29 is 14.0 Å². The third-order valence-corrected chi connectivity index (χ3v) is 3.91. The predicted octanol–water partition coefficient (Wildman–Crippen LogP) is 2.53. The lowest BCUT2D eigenvalue weighted by molar-refractivity contribution is -0.139. The Labute approximate surface area is 141 Å². The zero-order valence-corrected chi connectivity index (χ0v) is 13.8. The van der Waals surface area contributed by atoms with Crippen LogP contribution in [0.3, 0.4) is 0 Å². The Balaban J connectivity index is 2.23. The zero-order chi connectivity index (χ0) is 17.5. The van der Waals surface area contributed by atoms with Gasteiger partial charge in [-0.1, -0.05) is 48.5 Å². The minimum atomic E-state index is -0.689. The van der Waals surface area contributed by atoms with Gasteiger partial charge in [0, 0.05) is 19.2 Å². The van der Waals surface area contributed by atoms with Crippen molar-refractivity contribution in [2.45, 2.75) is 25.9 Å². The molecule has 0 bridgehead atoms. The van der Waals surface area contributed by atoms with Gasteiger partial charge in [-0.3, -0.25) is 9.59 Å². The largest absolute Gasteiger partial charge is 0.357 e. The molecule has 1 atom stereocenters. The summed E-state index contributed by atoms with van der Waals surface area (Å²) in [5, 5.41) is 2.54. The number of halogens is 1. The zero-order valence-electron chi connectivity index (χ0n) is 13.8. The van der Waals surface area contributed by atoms with Crippen LogP contribution < -0.4 is 5.32 Å². The predicted molar refractivity (Wildman–Crippen MR) is 90.6 cm³/mol. The van der Waals surface area contributed by atoms with Crippen molar-refractivity contribution in [3.8, 4) is 0 Å². The van der Waals surface area contributed by atoms with E-state index in [1.807, 2.05) is 30.3 Å². The Morgan fingerprint density at radius 3 is 2.33 bits per heavy atom. The molecule has 0 saturated carbocycles. The molecule has 2 aromatic rings. The van der Waals surface area contributed by atoms with Crippen molar-refractivity contribution >= 4 is 11.8 Å². The smallest absolute Gasteiger partial charge is 0.242 e. The molecule has 0 aromatic heterocycles. The Morgan fingerprint density at radius 1 is 1.08 bits per heavy atom. The van der Waals surface area contributed by atoms with E-state index >= 15 is 0 Å². The maximum atomic E-state index is 13.9. The average Bonchev–Trinajstić information content (AvgIpc) is 2.60. The van der Waals surface area contributed by atoms with Crippen LogP contribution in [0.4, 0.5) is 4.39 Å². The van der Waals surface area contributed by atoms with Crippen molar-refractivity contribution in [3.05, 3.63) is 71.5 Å². The topological polar surface area (TPSA) is 49.4 Å². The SMILES string of the molecule is CNC(=O)[C@@H](C)N(Cc1ccccc1F)C(=O)Cc1ccccc1. The normalized spacial score (nSPS) is 11.6. The maximum Gasteiger partial charge on any atom is 0.242 e. The lowest BCUT2D eigenvalue weighted by atomic mass is 10.1. The summed E-state index contributed by atoms with van der Waals surface area (Å²) in [4.78, 5) is 26.1. The van der Waals surface area contributed by atoms with Crippen LogP contribution in [0.5, 0.6) is 0 Å². The molecule has 0 radical (unpaired) electrons. The summed E-state index contributed by atoms with van der Waals surface area (Å²) >= 11 is 0. The molecule has 126 valence electrons. The fourth-order valence-electron chi connectivity index (χ4n) is 2.47. The van der Waals surface area contributed by atoms with Gasteiger partial charge >= 0.3 is 0 Å². The number of amides is 2. The van der Waals surface area contributed by atoms with Gasteiger partial charge in [0.15, 0.2) is 0 Å². The third-order valence-electron chi connectivity index (χ3n) is 3.91. The van der Waals surface area contributed by atoms with Crippen molar-refractivity contribution in [1.29, 1.82) is 0 Å². The number of hydrogen-bond acceptors (Lipinski definition) is 2. The van der Waals surface area contributed by atoms with E-state index in [0.717, 1.165) is 5.56 Å². The van der Waals surface area contributed by atoms with Crippen LogP contribution in [0.15, 0.2) is 54.6 Å². The van der Waals surface area contributed by atoms with E-state index in [1.165, 1.54) is 18.0 Å². The second-order valence-electron chi connectivity index (χ2n) is 5.57. The molecule has 0 unspecified atom stereocenters. The minimum Gasteiger partial charge on any atom is -0.357 e. The quantitative estimate of drug-likeness (QED) is 0.886. The average molecular weight is 328 g/mol. The van der Waals surface area contributed by atoms with Gasteiger partial charge < -0.3 is 10.2 Å². The molecule has 1 N–H and O–H groups in total. The summed E-state index contributed by atoms with van der Waals surface area (Å²) in [6.45, 7) is 1.69. The molecule has 0 heterocycles. The molecule has 0 fully saturated rings.